The molecular weight excluding hydrogens is 401 g/mol. The Morgan fingerprint density at radius 3 is 1.71 bits per heavy atom. The fourth-order valence-electron chi connectivity index (χ4n) is 3.34. The Morgan fingerprint density at radius 1 is 0.857 bits per heavy atom. The van der Waals surface area contributed by atoms with Gasteiger partial charge in [0.1, 0.15) is 6.10 Å². The molecule has 28 heavy (non-hydrogen) atoms. The van der Waals surface area contributed by atoms with Gasteiger partial charge in [0.05, 0.1) is 20.5 Å². The van der Waals surface area contributed by atoms with Gasteiger partial charge in [0.2, 0.25) is 0 Å². The van der Waals surface area contributed by atoms with Crippen LogP contribution in [0.4, 0.5) is 0 Å². The average Bonchev–Trinajstić information content (AvgIpc) is 2.58. The van der Waals surface area contributed by atoms with E-state index in [1.54, 1.807) is 0 Å². The second-order valence-corrected chi connectivity index (χ2v) is 8.45. The molecule has 3 unspecified atom stereocenters. The third-order valence-electron chi connectivity index (χ3n) is 4.88. The normalized spacial score (nSPS) is 14.6. The number of phosphoric acid groups is 1. The van der Waals surface area contributed by atoms with Crippen molar-refractivity contribution in [3.8, 4) is 0 Å². The van der Waals surface area contributed by atoms with Gasteiger partial charge in [-0.25, -0.2) is 0 Å². The van der Waals surface area contributed by atoms with Crippen molar-refractivity contribution in [2.75, 3.05) is 6.61 Å². The maximum absolute atomic E-state index is 11.0. The van der Waals surface area contributed by atoms with E-state index in [1.807, 2.05) is 0 Å². The van der Waals surface area contributed by atoms with Gasteiger partial charge in [0.25, 0.3) is 0 Å². The van der Waals surface area contributed by atoms with Gasteiger partial charge in [0.15, 0.2) is 0 Å². The zero-order valence-corrected chi connectivity index (χ0v) is 23.5. The average molecular weight is 440 g/mol. The third-order valence-corrected chi connectivity index (χ3v) is 5.41. The van der Waals surface area contributed by atoms with Crippen molar-refractivity contribution in [3.05, 3.63) is 0 Å². The second-order valence-electron chi connectivity index (χ2n) is 7.35. The van der Waals surface area contributed by atoms with Crippen LogP contribution in [0.25, 0.3) is 0 Å². The quantitative estimate of drug-likeness (QED) is 0.136. The van der Waals surface area contributed by atoms with Crippen molar-refractivity contribution in [3.63, 3.8) is 0 Å². The van der Waals surface area contributed by atoms with E-state index < -0.39 is 26.6 Å². The summed E-state index contributed by atoms with van der Waals surface area (Å²) in [4.78, 5) is 21.9. The zero-order chi connectivity index (χ0) is 19.8. The van der Waals surface area contributed by atoms with Crippen molar-refractivity contribution >= 4 is 7.82 Å². The van der Waals surface area contributed by atoms with Gasteiger partial charge in [0, 0.05) is 0 Å². The smallest absolute Gasteiger partial charge is 0.790 e. The number of phosphoric ester groups is 1. The first-order valence-electron chi connectivity index (χ1n) is 10.3. The van der Waals surface area contributed by atoms with Crippen LogP contribution in [-0.4, -0.2) is 29.0 Å². The van der Waals surface area contributed by atoms with E-state index in [0.29, 0.717) is 0 Å². The predicted octanol–water partition coefficient (Wildman–Crippen LogP) is -2.71. The molecule has 2 N–H and O–H groups in total. The third kappa shape index (κ3) is 21.3. The fraction of sp³-hybridized carbons (Fsp3) is 1.00. The number of aliphatic hydroxyl groups is 2. The van der Waals surface area contributed by atoms with Crippen molar-refractivity contribution in [2.45, 2.75) is 110 Å². The largest absolute Gasteiger partial charge is 1.00 e. The number of rotatable bonds is 18. The van der Waals surface area contributed by atoms with Gasteiger partial charge < -0.3 is 29.1 Å². The van der Waals surface area contributed by atoms with E-state index in [2.05, 4.69) is 18.4 Å². The molecule has 0 aliphatic carbocycles. The first-order chi connectivity index (χ1) is 12.3. The molecule has 0 saturated carbocycles. The Morgan fingerprint density at radius 2 is 1.29 bits per heavy atom. The van der Waals surface area contributed by atoms with E-state index >= 15 is 0 Å². The summed E-state index contributed by atoms with van der Waals surface area (Å²) in [6.07, 6.45) is 11.2. The van der Waals surface area contributed by atoms with Gasteiger partial charge in [-0.1, -0.05) is 90.9 Å². The van der Waals surface area contributed by atoms with E-state index in [4.69, 9.17) is 5.11 Å². The van der Waals surface area contributed by atoms with E-state index in [9.17, 15) is 19.5 Å². The number of hydrogen-bond donors (Lipinski definition) is 2. The van der Waals surface area contributed by atoms with Gasteiger partial charge in [-0.15, -0.1) is 0 Å². The van der Waals surface area contributed by atoms with Crippen molar-refractivity contribution in [1.29, 1.82) is 0 Å². The number of unbranched alkanes of at least 4 members (excludes halogenated alkanes) is 8. The molecule has 0 radical (unpaired) electrons. The molecule has 0 aromatic rings. The Hall–Kier alpha value is 2.03. The van der Waals surface area contributed by atoms with E-state index in [-0.39, 0.29) is 71.5 Å². The van der Waals surface area contributed by atoms with Crippen molar-refractivity contribution < 1.29 is 88.2 Å². The molecule has 6 nitrogen and oxygen atoms in total. The Bertz CT molecular complexity index is 370. The van der Waals surface area contributed by atoms with Crippen LogP contribution in [0.5, 0.6) is 0 Å². The Kier molecular flexibility index (Phi) is 27.5. The summed E-state index contributed by atoms with van der Waals surface area (Å²) in [6, 6.07) is 0. The second kappa shape index (κ2) is 22.2. The van der Waals surface area contributed by atoms with Gasteiger partial charge >= 0.3 is 59.1 Å². The Balaban J connectivity index is -0.00000312. The molecule has 0 aliphatic rings. The van der Waals surface area contributed by atoms with Crippen LogP contribution in [0.15, 0.2) is 0 Å². The first-order valence-corrected chi connectivity index (χ1v) is 11.8. The molecule has 0 rings (SSSR count). The molecule has 0 fully saturated rings. The molecule has 158 valence electrons. The summed E-state index contributed by atoms with van der Waals surface area (Å²) < 4.78 is 15.5. The summed E-state index contributed by atoms with van der Waals surface area (Å²) in [5.74, 6) is 0.191. The van der Waals surface area contributed by atoms with Crippen molar-refractivity contribution in [1.82, 2.24) is 0 Å². The molecule has 0 aromatic carbocycles. The van der Waals surface area contributed by atoms with Crippen molar-refractivity contribution in [2.24, 2.45) is 5.92 Å². The van der Waals surface area contributed by atoms with Crippen LogP contribution in [0.1, 0.15) is 97.3 Å². The van der Waals surface area contributed by atoms with Crippen LogP contribution >= 0.6 is 7.82 Å². The predicted molar refractivity (Wildman–Crippen MR) is 100 cm³/mol. The molecular formula is C19H39Na2O6P. The summed E-state index contributed by atoms with van der Waals surface area (Å²) in [7, 11) is -5.20. The molecule has 0 saturated heterocycles. The fourth-order valence-corrected chi connectivity index (χ4v) is 3.89. The van der Waals surface area contributed by atoms with Crippen LogP contribution < -0.4 is 68.9 Å². The van der Waals surface area contributed by atoms with Gasteiger partial charge in [-0.05, 0) is 12.3 Å². The maximum Gasteiger partial charge on any atom is 1.00 e. The summed E-state index contributed by atoms with van der Waals surface area (Å²) in [6.45, 7) is 3.71. The zero-order valence-electron chi connectivity index (χ0n) is 18.6. The molecule has 0 spiro atoms. The molecule has 9 heteroatoms. The summed E-state index contributed by atoms with van der Waals surface area (Å²) in [5, 5.41) is 19.0. The van der Waals surface area contributed by atoms with Gasteiger partial charge in [-0.3, -0.25) is 0 Å². The SMILES string of the molecule is CCCCCCCCC(CCCCCC)CC(OP(=O)([O-])[O-])C(O)CO.[Na+].[Na+]. The molecule has 0 bridgehead atoms. The van der Waals surface area contributed by atoms with E-state index in [1.165, 1.54) is 32.1 Å². The van der Waals surface area contributed by atoms with Crippen LogP contribution in [-0.2, 0) is 9.09 Å². The number of aliphatic hydroxyl groups excluding tert-OH is 2. The minimum atomic E-state index is -5.20. The summed E-state index contributed by atoms with van der Waals surface area (Å²) >= 11 is 0. The monoisotopic (exact) mass is 440 g/mol. The van der Waals surface area contributed by atoms with Crippen LogP contribution in [0.2, 0.25) is 0 Å². The molecule has 0 heterocycles. The van der Waals surface area contributed by atoms with Gasteiger partial charge in [-0.2, -0.15) is 0 Å². The summed E-state index contributed by atoms with van der Waals surface area (Å²) in [5.41, 5.74) is 0. The molecule has 0 amide bonds. The molecule has 0 aliphatic heterocycles. The minimum absolute atomic E-state index is 0. The topological polar surface area (TPSA) is 113 Å². The van der Waals surface area contributed by atoms with E-state index in [0.717, 1.165) is 44.9 Å². The standard InChI is InChI=1S/C19H41O6P.2Na/c1-3-5-7-9-10-12-14-17(13-11-8-6-4-2)15-19(18(21)16-20)25-26(22,23)24;;/h17-21H,3-16H2,1-2H3,(H2,22,23,24);;/q;2*+1/p-2. The Labute approximate surface area is 216 Å². The maximum atomic E-state index is 11.0. The first kappa shape index (κ1) is 34.6. The molecule has 3 atom stereocenters. The van der Waals surface area contributed by atoms with Crippen LogP contribution in [0.3, 0.4) is 0 Å². The van der Waals surface area contributed by atoms with Crippen LogP contribution in [0, 0.1) is 5.92 Å². The number of hydrogen-bond acceptors (Lipinski definition) is 6. The molecule has 0 aromatic heterocycles. The minimum Gasteiger partial charge on any atom is -0.790 e.